The highest BCUT2D eigenvalue weighted by atomic mass is 16.3. The fourth-order valence-corrected chi connectivity index (χ4v) is 12.6. The molecule has 0 aliphatic carbocycles. The maximum absolute atomic E-state index is 8.43. The minimum absolute atomic E-state index is 0.178. The van der Waals surface area contributed by atoms with Gasteiger partial charge in [0.05, 0.1) is 16.7 Å². The fourth-order valence-electron chi connectivity index (χ4n) is 12.6. The smallest absolute Gasteiger partial charge is 0.216 e. The first-order valence-corrected chi connectivity index (χ1v) is 30.2. The Bertz CT molecular complexity index is 5520. The lowest BCUT2D eigenvalue weighted by Crippen LogP contribution is -2.31. The van der Waals surface area contributed by atoms with Gasteiger partial charge >= 0.3 is 0 Å². The van der Waals surface area contributed by atoms with Crippen molar-refractivity contribution in [1.82, 2.24) is 0 Å². The summed E-state index contributed by atoms with van der Waals surface area (Å²) in [7, 11) is 6.15. The van der Waals surface area contributed by atoms with Crippen LogP contribution in [-0.2, 0) is 27.6 Å². The lowest BCUT2D eigenvalue weighted by atomic mass is 9.97. The molecule has 0 fully saturated rings. The average molecular weight is 1170 g/mol. The van der Waals surface area contributed by atoms with Gasteiger partial charge in [-0.3, -0.25) is 0 Å². The Hall–Kier alpha value is -10.2. The van der Waals surface area contributed by atoms with Gasteiger partial charge in [0, 0.05) is 78.2 Å². The van der Waals surface area contributed by atoms with Crippen LogP contribution in [-0.4, -0.2) is 0 Å². The van der Waals surface area contributed by atoms with Gasteiger partial charge in [-0.15, -0.1) is 0 Å². The molecule has 0 aliphatic heterocycles. The molecule has 15 rings (SSSR count). The van der Waals surface area contributed by atoms with Gasteiger partial charge in [-0.05, 0) is 127 Å². The summed E-state index contributed by atoms with van der Waals surface area (Å²) < 4.78 is 88.0. The molecule has 0 N–H and O–H groups in total. The summed E-state index contributed by atoms with van der Waals surface area (Å²) in [6, 6.07) is 73.7. The van der Waals surface area contributed by atoms with Crippen LogP contribution in [0.1, 0.15) is 77.8 Å². The molecule has 0 spiro atoms. The molecule has 0 saturated carbocycles. The largest absolute Gasteiger partial charge is 0.455 e. The monoisotopic (exact) mass is 1170 g/mol. The maximum atomic E-state index is 8.43. The Morgan fingerprint density at radius 1 is 0.371 bits per heavy atom. The number of aromatic nitrogens is 3. The molecule has 9 aromatic carbocycles. The highest BCUT2D eigenvalue weighted by Crippen LogP contribution is 2.41. The first-order valence-electron chi connectivity index (χ1n) is 34.2. The average Bonchev–Trinajstić information content (AvgIpc) is 1.67. The van der Waals surface area contributed by atoms with Crippen molar-refractivity contribution < 1.29 is 37.9 Å². The van der Waals surface area contributed by atoms with E-state index >= 15 is 0 Å². The molecule has 0 radical (unpaired) electrons. The molecular weight excluding hydrogens is 1090 g/mol. The van der Waals surface area contributed by atoms with Crippen LogP contribution in [0.15, 0.2) is 250 Å². The van der Waals surface area contributed by atoms with E-state index in [1.807, 2.05) is 111 Å². The highest BCUT2D eigenvalue weighted by molar-refractivity contribution is 6.12. The van der Waals surface area contributed by atoms with E-state index in [4.69, 9.17) is 24.2 Å². The molecule has 0 saturated heterocycles. The summed E-state index contributed by atoms with van der Waals surface area (Å²) in [6.07, 6.45) is 6.51. The second-order valence-corrected chi connectivity index (χ2v) is 23.7. The van der Waals surface area contributed by atoms with Gasteiger partial charge in [0.15, 0.2) is 18.6 Å². The van der Waals surface area contributed by atoms with Crippen molar-refractivity contribution in [3.8, 4) is 67.2 Å². The van der Waals surface area contributed by atoms with E-state index in [-0.39, 0.29) is 6.42 Å². The van der Waals surface area contributed by atoms with Crippen LogP contribution in [0.2, 0.25) is 0 Å². The normalized spacial score (nSPS) is 14.5. The minimum atomic E-state index is -2.41. The predicted octanol–water partition coefficient (Wildman–Crippen LogP) is 20.8. The summed E-state index contributed by atoms with van der Waals surface area (Å²) >= 11 is 0. The third kappa shape index (κ3) is 11.3. The Balaban J connectivity index is 0.000000132. The SMILES string of the molecule is Cc1cccc(-c2ccc(-c3c(C)ccc4c3oc3ccccc34)[n+](C)c2)c1.[2H]C([2H])([2H])C([2H])(C)Cc1ccc(-c2ccc(-c3c(C)ccc4c3oc3ccccc34)[n+](C)c2)cc1.[2H]C([2H])([2H])C([2H])(C)c1cccc(-c2ccc(-c3c(C)ccc4c3oc3ccccc34)[n+](C)c2)c1. The zero-order valence-electron chi connectivity index (χ0n) is 59.8. The van der Waals surface area contributed by atoms with Crippen molar-refractivity contribution in [3.05, 3.63) is 270 Å². The van der Waals surface area contributed by atoms with Crippen LogP contribution < -0.4 is 13.7 Å². The van der Waals surface area contributed by atoms with Gasteiger partial charge < -0.3 is 13.3 Å². The topological polar surface area (TPSA) is 51.1 Å². The van der Waals surface area contributed by atoms with E-state index in [0.29, 0.717) is 5.56 Å². The number of hydrogen-bond donors (Lipinski definition) is 0. The van der Waals surface area contributed by atoms with E-state index in [0.717, 1.165) is 133 Å². The zero-order chi connectivity index (χ0) is 68.5. The molecule has 2 unspecified atom stereocenters. The van der Waals surface area contributed by atoms with Gasteiger partial charge in [0.1, 0.15) is 54.6 Å². The van der Waals surface area contributed by atoms with Crippen molar-refractivity contribution in [1.29, 1.82) is 0 Å². The van der Waals surface area contributed by atoms with E-state index in [2.05, 4.69) is 176 Å². The van der Waals surface area contributed by atoms with Crippen LogP contribution in [0.3, 0.4) is 0 Å². The van der Waals surface area contributed by atoms with Crippen molar-refractivity contribution in [2.45, 2.75) is 67.6 Å². The van der Waals surface area contributed by atoms with Crippen LogP contribution in [0, 0.1) is 33.6 Å². The summed E-state index contributed by atoms with van der Waals surface area (Å²) in [5.74, 6) is -3.20. The fraction of sp³-hybridized carbons (Fsp3) is 0.169. The van der Waals surface area contributed by atoms with Crippen molar-refractivity contribution >= 4 is 65.8 Å². The molecule has 438 valence electrons. The quantitative estimate of drug-likeness (QED) is 0.135. The molecule has 6 heterocycles. The van der Waals surface area contributed by atoms with Crippen LogP contribution in [0.4, 0.5) is 0 Å². The molecule has 0 amide bonds. The summed E-state index contributed by atoms with van der Waals surface area (Å²) in [6.45, 7) is 6.65. The number of fused-ring (bicyclic) bond motifs is 9. The van der Waals surface area contributed by atoms with E-state index in [1.165, 1.54) is 41.5 Å². The van der Waals surface area contributed by atoms with Crippen LogP contribution in [0.25, 0.3) is 133 Å². The van der Waals surface area contributed by atoms with Crippen LogP contribution >= 0.6 is 0 Å². The number of aryl methyl sites for hydroxylation is 7. The number of rotatable bonds is 9. The van der Waals surface area contributed by atoms with Crippen LogP contribution in [0.5, 0.6) is 0 Å². The number of para-hydroxylation sites is 3. The lowest BCUT2D eigenvalue weighted by molar-refractivity contribution is -0.660. The van der Waals surface area contributed by atoms with Crippen molar-refractivity contribution in [2.24, 2.45) is 27.0 Å². The molecule has 15 aromatic rings. The minimum Gasteiger partial charge on any atom is -0.455 e. The second-order valence-electron chi connectivity index (χ2n) is 23.7. The summed E-state index contributed by atoms with van der Waals surface area (Å²) in [4.78, 5) is 0. The molecule has 6 heteroatoms. The number of benzene rings is 9. The molecule has 2 atom stereocenters. The number of nitrogens with zero attached hydrogens (tertiary/aromatic N) is 3. The Kier molecular flexibility index (Phi) is 13.3. The Morgan fingerprint density at radius 3 is 1.17 bits per heavy atom. The Morgan fingerprint density at radius 2 is 0.764 bits per heavy atom. The molecule has 6 nitrogen and oxygen atoms in total. The van der Waals surface area contributed by atoms with Gasteiger partial charge in [-0.1, -0.05) is 197 Å². The third-order valence-corrected chi connectivity index (χ3v) is 17.2. The lowest BCUT2D eigenvalue weighted by Gasteiger charge is -2.09. The zero-order valence-corrected chi connectivity index (χ0v) is 51.8. The standard InChI is InChI=1S/C29H28NO.C28H26NO.C26H22NO/c1-19(2)17-21-10-12-22(13-11-21)23-14-16-26(30(4)18-23)28-20(3)9-15-25-24-7-5-6-8-27(24)31-29(25)28;1-18(2)20-8-7-9-21(16-20)22-13-15-25(29(4)17-22)27-19(3)12-14-24-23-10-5-6-11-26(23)30-28(24)27;1-17-7-6-8-19(15-17)20-12-14-23(27(3)16-20)25-18(2)11-13-22-21-9-4-5-10-24(21)28-26(22)25/h5-16,18-19H,17H2,1-4H3;5-18H,1-4H3;4-16H,1-3H3/q3*+1/i1D3,19D;1D3,18D;. The Labute approximate surface area is 533 Å². The third-order valence-electron chi connectivity index (χ3n) is 17.2. The van der Waals surface area contributed by atoms with Gasteiger partial charge in [0.25, 0.3) is 0 Å². The van der Waals surface area contributed by atoms with E-state index in [9.17, 15) is 0 Å². The molecule has 0 bridgehead atoms. The van der Waals surface area contributed by atoms with Crippen molar-refractivity contribution in [3.63, 3.8) is 0 Å². The van der Waals surface area contributed by atoms with E-state index in [1.54, 1.807) is 12.1 Å². The first kappa shape index (κ1) is 48.9. The highest BCUT2D eigenvalue weighted by Gasteiger charge is 2.25. The van der Waals surface area contributed by atoms with Gasteiger partial charge in [-0.2, -0.15) is 0 Å². The maximum Gasteiger partial charge on any atom is 0.216 e. The molecular formula is C83H76N3O3+3. The molecule has 6 aromatic heterocycles. The van der Waals surface area contributed by atoms with E-state index < -0.39 is 25.5 Å². The first-order chi connectivity index (χ1) is 46.2. The predicted molar refractivity (Wildman–Crippen MR) is 369 cm³/mol. The molecule has 0 aliphatic rings. The second kappa shape index (κ2) is 24.2. The van der Waals surface area contributed by atoms with Gasteiger partial charge in [-0.25, -0.2) is 13.7 Å². The number of furan rings is 3. The molecule has 89 heavy (non-hydrogen) atoms. The summed E-state index contributed by atoms with van der Waals surface area (Å²) in [5, 5.41) is 6.75. The number of hydrogen-bond acceptors (Lipinski definition) is 3. The van der Waals surface area contributed by atoms with Crippen molar-refractivity contribution in [2.75, 3.05) is 0 Å². The van der Waals surface area contributed by atoms with Gasteiger partial charge in [0.2, 0.25) is 17.1 Å². The number of pyridine rings is 3. The summed E-state index contributed by atoms with van der Waals surface area (Å²) in [5.41, 5.74) is 24.4.